The van der Waals surface area contributed by atoms with Crippen LogP contribution in [0.5, 0.6) is 0 Å². The van der Waals surface area contributed by atoms with Crippen molar-refractivity contribution in [1.29, 1.82) is 0 Å². The lowest BCUT2D eigenvalue weighted by Gasteiger charge is -2.10. The minimum absolute atomic E-state index is 0.301. The number of hydrogen-bond acceptors (Lipinski definition) is 6. The van der Waals surface area contributed by atoms with Gasteiger partial charge in [0.2, 0.25) is 0 Å². The molecule has 0 saturated carbocycles. The Morgan fingerprint density at radius 1 is 1.50 bits per heavy atom. The molecule has 0 atom stereocenters. The Morgan fingerprint density at radius 3 is 2.95 bits per heavy atom. The normalized spacial score (nSPS) is 10.3. The van der Waals surface area contributed by atoms with E-state index in [-0.39, 0.29) is 0 Å². The fourth-order valence-electron chi connectivity index (χ4n) is 1.74. The van der Waals surface area contributed by atoms with E-state index in [9.17, 15) is 4.79 Å². The molecule has 20 heavy (non-hydrogen) atoms. The maximum Gasteiger partial charge on any atom is 0.341 e. The molecule has 0 fully saturated rings. The Labute approximate surface area is 116 Å². The molecule has 7 heteroatoms. The number of carbonyl (C=O) groups is 1. The van der Waals surface area contributed by atoms with Crippen molar-refractivity contribution in [2.45, 2.75) is 13.5 Å². The molecule has 0 bridgehead atoms. The van der Waals surface area contributed by atoms with Crippen molar-refractivity contribution in [3.8, 4) is 0 Å². The Kier molecular flexibility index (Phi) is 4.19. The van der Waals surface area contributed by atoms with Gasteiger partial charge in [-0.25, -0.2) is 9.78 Å². The second-order valence-corrected chi connectivity index (χ2v) is 4.26. The molecule has 0 aliphatic rings. The molecule has 7 nitrogen and oxygen atoms in total. The van der Waals surface area contributed by atoms with Gasteiger partial charge in [-0.15, -0.1) is 0 Å². The van der Waals surface area contributed by atoms with Crippen molar-refractivity contribution in [1.82, 2.24) is 14.8 Å². The Balaban J connectivity index is 2.16. The zero-order valence-electron chi connectivity index (χ0n) is 11.5. The molecule has 2 aromatic heterocycles. The summed E-state index contributed by atoms with van der Waals surface area (Å²) in [4.78, 5) is 16.0. The van der Waals surface area contributed by atoms with Gasteiger partial charge in [0.15, 0.2) is 0 Å². The van der Waals surface area contributed by atoms with E-state index in [1.807, 2.05) is 13.2 Å². The third-order valence-corrected chi connectivity index (χ3v) is 2.62. The third-order valence-electron chi connectivity index (χ3n) is 2.62. The molecule has 0 amide bonds. The summed E-state index contributed by atoms with van der Waals surface area (Å²) in [5, 5.41) is 7.16. The Bertz CT molecular complexity index is 609. The van der Waals surface area contributed by atoms with Crippen LogP contribution in [0.1, 0.15) is 22.8 Å². The summed E-state index contributed by atoms with van der Waals surface area (Å²) in [6, 6.07) is 1.55. The lowest BCUT2D eigenvalue weighted by molar-refractivity contribution is 0.0527. The van der Waals surface area contributed by atoms with Gasteiger partial charge in [-0.1, -0.05) is 0 Å². The monoisotopic (exact) mass is 275 g/mol. The van der Waals surface area contributed by atoms with Crippen LogP contribution in [-0.2, 0) is 18.3 Å². The first-order valence-corrected chi connectivity index (χ1v) is 6.24. The first kappa shape index (κ1) is 13.9. The number of esters is 1. The Morgan fingerprint density at radius 2 is 2.30 bits per heavy atom. The predicted molar refractivity (Wildman–Crippen MR) is 75.1 cm³/mol. The maximum absolute atomic E-state index is 11.9. The second kappa shape index (κ2) is 6.05. The van der Waals surface area contributed by atoms with E-state index >= 15 is 0 Å². The van der Waals surface area contributed by atoms with E-state index in [1.54, 1.807) is 23.9 Å². The number of anilines is 2. The molecule has 0 radical (unpaired) electrons. The van der Waals surface area contributed by atoms with Gasteiger partial charge in [-0.05, 0) is 13.0 Å². The third kappa shape index (κ3) is 3.25. The van der Waals surface area contributed by atoms with Gasteiger partial charge in [0.05, 0.1) is 24.7 Å². The molecule has 3 N–H and O–H groups in total. The summed E-state index contributed by atoms with van der Waals surface area (Å²) in [5.74, 6) is 0.00231. The van der Waals surface area contributed by atoms with Gasteiger partial charge < -0.3 is 15.8 Å². The molecular formula is C13H17N5O2. The van der Waals surface area contributed by atoms with Gasteiger partial charge in [0.1, 0.15) is 11.4 Å². The molecule has 2 heterocycles. The second-order valence-electron chi connectivity index (χ2n) is 4.26. The summed E-state index contributed by atoms with van der Waals surface area (Å²) in [6.07, 6.45) is 5.12. The van der Waals surface area contributed by atoms with Gasteiger partial charge in [0.25, 0.3) is 0 Å². The van der Waals surface area contributed by atoms with E-state index in [0.717, 1.165) is 5.56 Å². The number of nitrogens with zero attached hydrogens (tertiary/aromatic N) is 3. The fraction of sp³-hybridized carbons (Fsp3) is 0.308. The van der Waals surface area contributed by atoms with Crippen LogP contribution in [0.2, 0.25) is 0 Å². The van der Waals surface area contributed by atoms with E-state index in [0.29, 0.717) is 30.2 Å². The minimum Gasteiger partial charge on any atom is -0.462 e. The molecule has 2 rings (SSSR count). The van der Waals surface area contributed by atoms with Crippen LogP contribution in [-0.4, -0.2) is 27.3 Å². The standard InChI is InChI=1S/C13H17N5O2/c1-3-20-13(19)11-4-10(14)7-16-12(11)15-5-9-6-17-18(2)8-9/h4,6-8H,3,5,14H2,1-2H3,(H,15,16). The molecule has 0 aliphatic heterocycles. The number of aromatic nitrogens is 3. The van der Waals surface area contributed by atoms with Crippen LogP contribution in [0.4, 0.5) is 11.5 Å². The van der Waals surface area contributed by atoms with Gasteiger partial charge in [0, 0.05) is 25.4 Å². The van der Waals surface area contributed by atoms with Crippen LogP contribution in [0.3, 0.4) is 0 Å². The largest absolute Gasteiger partial charge is 0.462 e. The van der Waals surface area contributed by atoms with Gasteiger partial charge in [-0.2, -0.15) is 5.10 Å². The number of aryl methyl sites for hydroxylation is 1. The minimum atomic E-state index is -0.444. The van der Waals surface area contributed by atoms with E-state index in [4.69, 9.17) is 10.5 Å². The van der Waals surface area contributed by atoms with Crippen molar-refractivity contribution in [3.05, 3.63) is 35.8 Å². The summed E-state index contributed by atoms with van der Waals surface area (Å²) < 4.78 is 6.70. The van der Waals surface area contributed by atoms with Crippen molar-refractivity contribution in [2.24, 2.45) is 7.05 Å². The first-order valence-electron chi connectivity index (χ1n) is 6.24. The van der Waals surface area contributed by atoms with Crippen LogP contribution < -0.4 is 11.1 Å². The number of rotatable bonds is 5. The SMILES string of the molecule is CCOC(=O)c1cc(N)cnc1NCc1cnn(C)c1. The average Bonchev–Trinajstić information content (AvgIpc) is 2.83. The predicted octanol–water partition coefficient (Wildman–Crippen LogP) is 1.19. The quantitative estimate of drug-likeness (QED) is 0.796. The summed E-state index contributed by atoms with van der Waals surface area (Å²) >= 11 is 0. The zero-order chi connectivity index (χ0) is 14.5. The fourth-order valence-corrected chi connectivity index (χ4v) is 1.74. The molecule has 0 unspecified atom stereocenters. The molecule has 0 spiro atoms. The highest BCUT2D eigenvalue weighted by Gasteiger charge is 2.14. The molecule has 0 saturated heterocycles. The van der Waals surface area contributed by atoms with E-state index in [1.165, 1.54) is 6.20 Å². The van der Waals surface area contributed by atoms with Gasteiger partial charge >= 0.3 is 5.97 Å². The highest BCUT2D eigenvalue weighted by atomic mass is 16.5. The van der Waals surface area contributed by atoms with Crippen LogP contribution in [0.15, 0.2) is 24.7 Å². The number of pyridine rings is 1. The zero-order valence-corrected chi connectivity index (χ0v) is 11.5. The van der Waals surface area contributed by atoms with E-state index < -0.39 is 5.97 Å². The number of carbonyl (C=O) groups excluding carboxylic acids is 1. The van der Waals surface area contributed by atoms with Crippen molar-refractivity contribution in [3.63, 3.8) is 0 Å². The number of ether oxygens (including phenoxy) is 1. The molecule has 0 aliphatic carbocycles. The average molecular weight is 275 g/mol. The molecule has 106 valence electrons. The molecule has 0 aromatic carbocycles. The lowest BCUT2D eigenvalue weighted by atomic mass is 10.2. The number of nitrogens with one attached hydrogen (secondary N) is 1. The topological polar surface area (TPSA) is 95.1 Å². The number of nitrogen functional groups attached to an aromatic ring is 1. The lowest BCUT2D eigenvalue weighted by Crippen LogP contribution is -2.12. The summed E-state index contributed by atoms with van der Waals surface area (Å²) in [5.41, 5.74) is 7.39. The number of nitrogens with two attached hydrogens (primary N) is 1. The summed E-state index contributed by atoms with van der Waals surface area (Å²) in [7, 11) is 1.84. The van der Waals surface area contributed by atoms with Crippen LogP contribution >= 0.6 is 0 Å². The maximum atomic E-state index is 11.9. The molecule has 2 aromatic rings. The van der Waals surface area contributed by atoms with Crippen LogP contribution in [0, 0.1) is 0 Å². The van der Waals surface area contributed by atoms with Crippen molar-refractivity contribution < 1.29 is 9.53 Å². The first-order chi connectivity index (χ1) is 9.60. The number of hydrogen-bond donors (Lipinski definition) is 2. The van der Waals surface area contributed by atoms with Crippen molar-refractivity contribution >= 4 is 17.5 Å². The smallest absolute Gasteiger partial charge is 0.341 e. The highest BCUT2D eigenvalue weighted by Crippen LogP contribution is 2.17. The van der Waals surface area contributed by atoms with Crippen molar-refractivity contribution in [2.75, 3.05) is 17.7 Å². The Hall–Kier alpha value is -2.57. The highest BCUT2D eigenvalue weighted by molar-refractivity contribution is 5.95. The van der Waals surface area contributed by atoms with Gasteiger partial charge in [-0.3, -0.25) is 4.68 Å². The molecular weight excluding hydrogens is 258 g/mol. The van der Waals surface area contributed by atoms with Crippen LogP contribution in [0.25, 0.3) is 0 Å². The summed E-state index contributed by atoms with van der Waals surface area (Å²) in [6.45, 7) is 2.56. The van der Waals surface area contributed by atoms with E-state index in [2.05, 4.69) is 15.4 Å².